The first-order chi connectivity index (χ1) is 24.7. The van der Waals surface area contributed by atoms with Gasteiger partial charge in [0, 0.05) is 40.9 Å². The van der Waals surface area contributed by atoms with E-state index in [1.165, 1.54) is 75.7 Å². The monoisotopic (exact) mass is 661 g/mol. The van der Waals surface area contributed by atoms with E-state index in [0.717, 1.165) is 72.9 Å². The first-order valence-corrected chi connectivity index (χ1v) is 18.5. The van der Waals surface area contributed by atoms with Gasteiger partial charge in [-0.2, -0.15) is 0 Å². The zero-order valence-electron chi connectivity index (χ0n) is 29.0. The van der Waals surface area contributed by atoms with Crippen LogP contribution in [-0.4, -0.2) is 40.5 Å². The Morgan fingerprint density at radius 2 is 1.44 bits per heavy atom. The molecule has 1 saturated heterocycles. The first kappa shape index (κ1) is 30.1. The van der Waals surface area contributed by atoms with E-state index in [0.29, 0.717) is 11.8 Å². The normalized spacial score (nSPS) is 23.0. The standard InChI is InChI=1S/C45H43NO4/c1-47-33-24-28-12-13-29-25-34(48-2)27-39-41(29)43-40(28)38(26-33)35-10-6-7-11-36(35)42(43)37-18-19-45(50-44(37)39,30-8-4-3-5-9-30)31-14-16-32(17-15-31)46-20-22-49-23-21-46/h3-5,8-9,14-19,24-27,35-36H,6-7,10-13,20-23H2,1-2H3. The van der Waals surface area contributed by atoms with Crippen molar-refractivity contribution in [2.24, 2.45) is 0 Å². The Labute approximate surface area is 294 Å². The molecule has 5 heteroatoms. The van der Waals surface area contributed by atoms with Crippen LogP contribution >= 0.6 is 0 Å². The minimum Gasteiger partial charge on any atom is -0.497 e. The van der Waals surface area contributed by atoms with Gasteiger partial charge in [-0.3, -0.25) is 0 Å². The summed E-state index contributed by atoms with van der Waals surface area (Å²) in [5, 5.41) is 2.49. The van der Waals surface area contributed by atoms with Gasteiger partial charge in [-0.15, -0.1) is 0 Å². The first-order valence-electron chi connectivity index (χ1n) is 18.5. The summed E-state index contributed by atoms with van der Waals surface area (Å²) >= 11 is 0. The van der Waals surface area contributed by atoms with Crippen molar-refractivity contribution in [1.82, 2.24) is 0 Å². The highest BCUT2D eigenvalue weighted by atomic mass is 16.5. The van der Waals surface area contributed by atoms with E-state index in [2.05, 4.69) is 95.9 Å². The second kappa shape index (κ2) is 11.7. The summed E-state index contributed by atoms with van der Waals surface area (Å²) in [6.07, 6.45) is 11.6. The van der Waals surface area contributed by atoms with Crippen LogP contribution in [0.25, 0.3) is 28.0 Å². The lowest BCUT2D eigenvalue weighted by Gasteiger charge is -2.43. The van der Waals surface area contributed by atoms with Gasteiger partial charge in [0.25, 0.3) is 0 Å². The van der Waals surface area contributed by atoms with Gasteiger partial charge < -0.3 is 23.8 Å². The topological polar surface area (TPSA) is 40.2 Å². The number of nitrogens with zero attached hydrogens (tertiary/aromatic N) is 1. The van der Waals surface area contributed by atoms with E-state index in [-0.39, 0.29) is 0 Å². The number of anilines is 1. The molecule has 0 radical (unpaired) electrons. The molecule has 0 spiro atoms. The van der Waals surface area contributed by atoms with Crippen molar-refractivity contribution in [3.8, 4) is 28.4 Å². The summed E-state index contributed by atoms with van der Waals surface area (Å²) in [7, 11) is 3.59. The molecule has 0 N–H and O–H groups in total. The Kier molecular flexibility index (Phi) is 7.03. The largest absolute Gasteiger partial charge is 0.497 e. The van der Waals surface area contributed by atoms with Gasteiger partial charge in [-0.25, -0.2) is 0 Å². The molecular formula is C45H43NO4. The number of aryl methyl sites for hydroxylation is 2. The highest BCUT2D eigenvalue weighted by molar-refractivity contribution is 6.10. The van der Waals surface area contributed by atoms with Crippen molar-refractivity contribution < 1.29 is 18.9 Å². The van der Waals surface area contributed by atoms with E-state index in [4.69, 9.17) is 18.9 Å². The van der Waals surface area contributed by atoms with Gasteiger partial charge in [0.1, 0.15) is 17.2 Å². The van der Waals surface area contributed by atoms with Crippen molar-refractivity contribution >= 4 is 22.5 Å². The van der Waals surface area contributed by atoms with E-state index in [9.17, 15) is 0 Å². The molecule has 3 unspecified atom stereocenters. The van der Waals surface area contributed by atoms with Crippen molar-refractivity contribution in [2.45, 2.75) is 56.0 Å². The molecule has 2 aliphatic heterocycles. The molecule has 3 atom stereocenters. The Hall–Kier alpha value is -4.74. The summed E-state index contributed by atoms with van der Waals surface area (Å²) in [6.45, 7) is 3.35. The molecule has 5 aliphatic rings. The number of methoxy groups -OCH3 is 2. The molecular weight excluding hydrogens is 618 g/mol. The molecule has 2 fully saturated rings. The molecule has 5 aromatic carbocycles. The van der Waals surface area contributed by atoms with Crippen LogP contribution in [0.2, 0.25) is 0 Å². The second-order valence-corrected chi connectivity index (χ2v) is 14.7. The van der Waals surface area contributed by atoms with E-state index >= 15 is 0 Å². The van der Waals surface area contributed by atoms with Crippen molar-refractivity contribution in [3.63, 3.8) is 0 Å². The van der Waals surface area contributed by atoms with E-state index < -0.39 is 5.60 Å². The maximum atomic E-state index is 7.68. The number of morpholine rings is 1. The van der Waals surface area contributed by atoms with Crippen molar-refractivity contribution in [2.75, 3.05) is 45.4 Å². The number of hydrogen-bond donors (Lipinski definition) is 0. The molecule has 0 amide bonds. The van der Waals surface area contributed by atoms with Gasteiger partial charge in [-0.05, 0) is 119 Å². The quantitative estimate of drug-likeness (QED) is 0.188. The molecule has 0 aromatic heterocycles. The number of fused-ring (bicyclic) bond motifs is 6. The number of ether oxygens (including phenoxy) is 4. The molecule has 5 nitrogen and oxygen atoms in total. The van der Waals surface area contributed by atoms with Crippen LogP contribution < -0.4 is 19.1 Å². The van der Waals surface area contributed by atoms with Crippen LogP contribution in [0.1, 0.15) is 76.5 Å². The summed E-state index contributed by atoms with van der Waals surface area (Å²) < 4.78 is 25.3. The van der Waals surface area contributed by atoms with Gasteiger partial charge in [0.05, 0.1) is 27.4 Å². The lowest BCUT2D eigenvalue weighted by molar-refractivity contribution is 0.122. The molecule has 50 heavy (non-hydrogen) atoms. The molecule has 5 aromatic rings. The van der Waals surface area contributed by atoms with Crippen molar-refractivity contribution in [3.05, 3.63) is 124 Å². The zero-order chi connectivity index (χ0) is 33.4. The molecule has 3 aliphatic carbocycles. The molecule has 10 rings (SSSR count). The average molecular weight is 662 g/mol. The smallest absolute Gasteiger partial charge is 0.178 e. The highest BCUT2D eigenvalue weighted by Crippen LogP contribution is 2.62. The van der Waals surface area contributed by atoms with Crippen LogP contribution in [-0.2, 0) is 23.2 Å². The fraction of sp³-hybridized carbons (Fsp3) is 0.333. The van der Waals surface area contributed by atoms with Crippen LogP contribution in [0, 0.1) is 0 Å². The molecule has 252 valence electrons. The summed E-state index contributed by atoms with van der Waals surface area (Å²) in [5.74, 6) is 3.75. The minimum atomic E-state index is -0.792. The number of rotatable bonds is 5. The SMILES string of the molecule is COc1cc2c3c(c1)C1CCCCC1c1c4c(c5cc(OC)cc(c5c1-3)CC2)OC(c1ccccc1)(c1ccc(N2CCOCC2)cc1)C=C4. The predicted molar refractivity (Wildman–Crippen MR) is 200 cm³/mol. The molecule has 0 bridgehead atoms. The number of hydrogen-bond acceptors (Lipinski definition) is 5. The van der Waals surface area contributed by atoms with E-state index in [1.807, 2.05) is 7.11 Å². The zero-order valence-corrected chi connectivity index (χ0v) is 29.0. The van der Waals surface area contributed by atoms with Crippen LogP contribution in [0.4, 0.5) is 5.69 Å². The minimum absolute atomic E-state index is 0.433. The summed E-state index contributed by atoms with van der Waals surface area (Å²) in [4.78, 5) is 2.41. The lowest BCUT2D eigenvalue weighted by atomic mass is 9.62. The van der Waals surface area contributed by atoms with Crippen LogP contribution in [0.15, 0.2) is 84.9 Å². The highest BCUT2D eigenvalue weighted by Gasteiger charge is 2.45. The van der Waals surface area contributed by atoms with Crippen molar-refractivity contribution in [1.29, 1.82) is 0 Å². The van der Waals surface area contributed by atoms with Crippen LogP contribution in [0.3, 0.4) is 0 Å². The van der Waals surface area contributed by atoms with Gasteiger partial charge >= 0.3 is 0 Å². The maximum Gasteiger partial charge on any atom is 0.178 e. The third-order valence-electron chi connectivity index (χ3n) is 12.3. The van der Waals surface area contributed by atoms with E-state index in [1.54, 1.807) is 7.11 Å². The fourth-order valence-corrected chi connectivity index (χ4v) is 9.95. The Morgan fingerprint density at radius 1 is 0.740 bits per heavy atom. The summed E-state index contributed by atoms with van der Waals surface area (Å²) in [5.41, 5.74) is 12.5. The molecule has 2 heterocycles. The summed E-state index contributed by atoms with van der Waals surface area (Å²) in [6, 6.07) is 29.0. The Balaban J connectivity index is 1.24. The third-order valence-corrected chi connectivity index (χ3v) is 12.3. The van der Waals surface area contributed by atoms with Gasteiger partial charge in [-0.1, -0.05) is 61.4 Å². The van der Waals surface area contributed by atoms with Gasteiger partial charge in [0.2, 0.25) is 0 Å². The Morgan fingerprint density at radius 3 is 2.22 bits per heavy atom. The predicted octanol–water partition coefficient (Wildman–Crippen LogP) is 9.56. The maximum absolute atomic E-state index is 7.68. The third kappa shape index (κ3) is 4.42. The fourth-order valence-electron chi connectivity index (χ4n) is 9.95. The molecule has 1 saturated carbocycles. The van der Waals surface area contributed by atoms with Crippen LogP contribution in [0.5, 0.6) is 17.2 Å². The lowest BCUT2D eigenvalue weighted by Crippen LogP contribution is -2.37. The Bertz CT molecular complexity index is 2160. The average Bonchev–Trinajstić information content (AvgIpc) is 3.36. The second-order valence-electron chi connectivity index (χ2n) is 14.7. The number of benzene rings is 5. The van der Waals surface area contributed by atoms with Gasteiger partial charge in [0.15, 0.2) is 5.60 Å².